The van der Waals surface area contributed by atoms with Gasteiger partial charge in [-0.1, -0.05) is 11.8 Å². The molecule has 0 fully saturated rings. The van der Waals surface area contributed by atoms with E-state index in [1.807, 2.05) is 11.5 Å². The summed E-state index contributed by atoms with van der Waals surface area (Å²) in [4.78, 5) is 3.86. The van der Waals surface area contributed by atoms with Crippen molar-refractivity contribution in [3.8, 4) is 0 Å². The minimum absolute atomic E-state index is 0. The standard InChI is InChI=1S/C4H6N2S.Li.H2O/c5-4-6-2-1-3-7-4;;/h1-4H,5H2;;1H2/q;+1;/p-1. The largest absolute Gasteiger partial charge is 1.00 e. The molecule has 0 aliphatic carbocycles. The monoisotopic (exact) mass is 138 g/mol. The normalized spacial score (nSPS) is 22.1. The van der Waals surface area contributed by atoms with E-state index < -0.39 is 0 Å². The smallest absolute Gasteiger partial charge is 0.870 e. The second-order valence-corrected chi connectivity index (χ2v) is 2.18. The van der Waals surface area contributed by atoms with Crippen LogP contribution in [0.25, 0.3) is 0 Å². The molecule has 0 aromatic carbocycles. The maximum atomic E-state index is 5.35. The molecule has 3 nitrogen and oxygen atoms in total. The Morgan fingerprint density at radius 3 is 2.44 bits per heavy atom. The summed E-state index contributed by atoms with van der Waals surface area (Å²) < 4.78 is 0. The Hall–Kier alpha value is 0.277. The van der Waals surface area contributed by atoms with Crippen LogP contribution in [0.5, 0.6) is 0 Å². The molecule has 0 saturated carbocycles. The van der Waals surface area contributed by atoms with E-state index in [0.29, 0.717) is 0 Å². The summed E-state index contributed by atoms with van der Waals surface area (Å²) >= 11 is 1.52. The number of hydrogen-bond donors (Lipinski definition) is 1. The fourth-order valence-corrected chi connectivity index (χ4v) is 0.793. The average molecular weight is 138 g/mol. The Kier molecular flexibility index (Phi) is 8.53. The molecule has 46 valence electrons. The molecule has 3 N–H and O–H groups in total. The van der Waals surface area contributed by atoms with Crippen molar-refractivity contribution < 1.29 is 24.3 Å². The summed E-state index contributed by atoms with van der Waals surface area (Å²) in [5, 5.41) is 1.93. The number of thioether (sulfide) groups is 1. The van der Waals surface area contributed by atoms with Gasteiger partial charge in [-0.05, 0) is 11.5 Å². The third kappa shape index (κ3) is 4.76. The molecule has 0 aromatic rings. The molecule has 1 atom stereocenters. The molecular formula is C4H7LiN2OS. The Morgan fingerprint density at radius 2 is 2.22 bits per heavy atom. The van der Waals surface area contributed by atoms with Crippen LogP contribution in [-0.2, 0) is 0 Å². The van der Waals surface area contributed by atoms with Crippen molar-refractivity contribution in [1.82, 2.24) is 0 Å². The number of aliphatic imine (C=N–C) groups is 1. The van der Waals surface area contributed by atoms with E-state index in [4.69, 9.17) is 5.73 Å². The Bertz CT molecular complexity index is 117. The van der Waals surface area contributed by atoms with E-state index in [0.717, 1.165) is 0 Å². The average Bonchev–Trinajstić information content (AvgIpc) is 1.69. The van der Waals surface area contributed by atoms with Crippen LogP contribution in [-0.4, -0.2) is 17.2 Å². The van der Waals surface area contributed by atoms with Gasteiger partial charge in [-0.2, -0.15) is 0 Å². The molecule has 1 aliphatic rings. The molecule has 0 aromatic heterocycles. The molecule has 1 unspecified atom stereocenters. The van der Waals surface area contributed by atoms with Gasteiger partial charge in [0.25, 0.3) is 0 Å². The van der Waals surface area contributed by atoms with Crippen LogP contribution in [0.3, 0.4) is 0 Å². The van der Waals surface area contributed by atoms with Crippen molar-refractivity contribution in [3.63, 3.8) is 0 Å². The number of nitrogens with zero attached hydrogens (tertiary/aromatic N) is 1. The zero-order valence-corrected chi connectivity index (χ0v) is 6.01. The van der Waals surface area contributed by atoms with Crippen molar-refractivity contribution in [2.45, 2.75) is 5.50 Å². The van der Waals surface area contributed by atoms with E-state index in [-0.39, 0.29) is 29.8 Å². The van der Waals surface area contributed by atoms with Gasteiger partial charge in [0.2, 0.25) is 0 Å². The molecule has 0 saturated heterocycles. The first kappa shape index (κ1) is 12.0. The van der Waals surface area contributed by atoms with E-state index >= 15 is 0 Å². The summed E-state index contributed by atoms with van der Waals surface area (Å²) in [6.45, 7) is 0. The van der Waals surface area contributed by atoms with Gasteiger partial charge in [-0.15, -0.1) is 0 Å². The topological polar surface area (TPSA) is 68.4 Å². The van der Waals surface area contributed by atoms with Crippen molar-refractivity contribution >= 4 is 18.0 Å². The van der Waals surface area contributed by atoms with Crippen LogP contribution >= 0.6 is 11.8 Å². The van der Waals surface area contributed by atoms with Crippen molar-refractivity contribution in [1.29, 1.82) is 0 Å². The van der Waals surface area contributed by atoms with Crippen LogP contribution in [0.15, 0.2) is 16.5 Å². The van der Waals surface area contributed by atoms with Gasteiger partial charge < -0.3 is 11.2 Å². The third-order valence-electron chi connectivity index (χ3n) is 0.616. The van der Waals surface area contributed by atoms with Crippen molar-refractivity contribution in [3.05, 3.63) is 11.5 Å². The SMILES string of the molecule is NC1N=CC=CS1.[Li+].[OH-]. The second-order valence-electron chi connectivity index (χ2n) is 1.15. The third-order valence-corrected chi connectivity index (χ3v) is 1.33. The first-order chi connectivity index (χ1) is 3.39. The Balaban J connectivity index is 0. The summed E-state index contributed by atoms with van der Waals surface area (Å²) in [7, 11) is 0. The van der Waals surface area contributed by atoms with E-state index in [1.54, 1.807) is 6.21 Å². The molecule has 0 radical (unpaired) electrons. The van der Waals surface area contributed by atoms with E-state index in [9.17, 15) is 0 Å². The maximum Gasteiger partial charge on any atom is 1.00 e. The number of allylic oxidation sites excluding steroid dienone is 1. The first-order valence-corrected chi connectivity index (χ1v) is 2.93. The van der Waals surface area contributed by atoms with Crippen molar-refractivity contribution in [2.24, 2.45) is 10.7 Å². The Morgan fingerprint density at radius 1 is 1.56 bits per heavy atom. The number of rotatable bonds is 0. The second kappa shape index (κ2) is 6.40. The predicted octanol–water partition coefficient (Wildman–Crippen LogP) is -2.61. The number of hydrogen-bond acceptors (Lipinski definition) is 4. The summed E-state index contributed by atoms with van der Waals surface area (Å²) in [5.74, 6) is 0. The molecule has 9 heavy (non-hydrogen) atoms. The van der Waals surface area contributed by atoms with Crippen LogP contribution in [0, 0.1) is 0 Å². The van der Waals surface area contributed by atoms with Gasteiger partial charge in [0.1, 0.15) is 5.50 Å². The van der Waals surface area contributed by atoms with Gasteiger partial charge >= 0.3 is 18.9 Å². The summed E-state index contributed by atoms with van der Waals surface area (Å²) in [5.41, 5.74) is 5.28. The van der Waals surface area contributed by atoms with Gasteiger partial charge in [0, 0.05) is 6.21 Å². The molecule has 0 spiro atoms. The minimum Gasteiger partial charge on any atom is -0.870 e. The molecule has 1 aliphatic heterocycles. The predicted molar refractivity (Wildman–Crippen MR) is 35.1 cm³/mol. The summed E-state index contributed by atoms with van der Waals surface area (Å²) in [6, 6.07) is 0. The summed E-state index contributed by atoms with van der Waals surface area (Å²) in [6.07, 6.45) is 3.58. The van der Waals surface area contributed by atoms with Gasteiger partial charge in [-0.3, -0.25) is 4.99 Å². The molecule has 0 bridgehead atoms. The van der Waals surface area contributed by atoms with Gasteiger partial charge in [0.15, 0.2) is 0 Å². The van der Waals surface area contributed by atoms with Crippen LogP contribution in [0.4, 0.5) is 0 Å². The van der Waals surface area contributed by atoms with Crippen LogP contribution in [0.1, 0.15) is 0 Å². The zero-order chi connectivity index (χ0) is 5.11. The molecule has 0 amide bonds. The van der Waals surface area contributed by atoms with Crippen molar-refractivity contribution in [2.75, 3.05) is 0 Å². The molecular weight excluding hydrogens is 131 g/mol. The van der Waals surface area contributed by atoms with E-state index in [2.05, 4.69) is 4.99 Å². The zero-order valence-electron chi connectivity index (χ0n) is 5.19. The van der Waals surface area contributed by atoms with Gasteiger partial charge in [0.05, 0.1) is 0 Å². The fourth-order valence-electron chi connectivity index (χ4n) is 0.331. The van der Waals surface area contributed by atoms with Gasteiger partial charge in [-0.25, -0.2) is 0 Å². The maximum absolute atomic E-state index is 5.35. The van der Waals surface area contributed by atoms with Crippen LogP contribution < -0.4 is 24.6 Å². The quantitative estimate of drug-likeness (QED) is 0.373. The number of nitrogens with two attached hydrogens (primary N) is 1. The molecule has 1 heterocycles. The fraction of sp³-hybridized carbons (Fsp3) is 0.250. The van der Waals surface area contributed by atoms with Crippen LogP contribution in [0.2, 0.25) is 0 Å². The molecule has 5 heteroatoms. The van der Waals surface area contributed by atoms with E-state index in [1.165, 1.54) is 11.8 Å². The minimum atomic E-state index is -0.0648. The molecule has 1 rings (SSSR count). The first-order valence-electron chi connectivity index (χ1n) is 1.99. The Labute approximate surface area is 70.3 Å².